The highest BCUT2D eigenvalue weighted by atomic mass is 16.7. The molecule has 2 rings (SSSR count). The fourth-order valence-corrected chi connectivity index (χ4v) is 3.35. The van der Waals surface area contributed by atoms with Crippen LogP contribution in [0.25, 0.3) is 0 Å². The van der Waals surface area contributed by atoms with E-state index in [9.17, 15) is 19.2 Å². The van der Waals surface area contributed by atoms with E-state index in [2.05, 4.69) is 5.32 Å². The van der Waals surface area contributed by atoms with Crippen molar-refractivity contribution >= 4 is 23.8 Å². The van der Waals surface area contributed by atoms with Crippen molar-refractivity contribution in [2.45, 2.75) is 72.2 Å². The molecule has 1 N–H and O–H groups in total. The number of carbonyl (C=O) groups is 4. The molecular weight excluding hydrogens is 422 g/mol. The van der Waals surface area contributed by atoms with E-state index < -0.39 is 54.5 Å². The molecule has 0 aromatic heterocycles. The normalized spacial score (nSPS) is 24.8. The molecule has 1 aliphatic heterocycles. The lowest BCUT2D eigenvalue weighted by molar-refractivity contribution is -0.257. The monoisotopic (exact) mass is 451 g/mol. The van der Waals surface area contributed by atoms with Crippen LogP contribution in [-0.4, -0.2) is 61.1 Å². The molecule has 0 unspecified atom stereocenters. The Bertz CT molecular complexity index is 869. The number of carbonyl (C=O) groups excluding carboxylic acids is 4. The lowest BCUT2D eigenvalue weighted by atomic mass is 9.96. The predicted molar refractivity (Wildman–Crippen MR) is 111 cm³/mol. The molecule has 1 fully saturated rings. The lowest BCUT2D eigenvalue weighted by Gasteiger charge is -2.44. The van der Waals surface area contributed by atoms with Crippen LogP contribution in [0.2, 0.25) is 0 Å². The highest BCUT2D eigenvalue weighted by molar-refractivity contribution is 5.73. The molecule has 10 heteroatoms. The Morgan fingerprint density at radius 1 is 0.938 bits per heavy atom. The Kier molecular flexibility index (Phi) is 8.59. The van der Waals surface area contributed by atoms with Crippen molar-refractivity contribution in [1.29, 1.82) is 0 Å². The molecular formula is C22H29NO9. The second-order valence-corrected chi connectivity index (χ2v) is 7.61. The minimum absolute atomic E-state index is 0.287. The summed E-state index contributed by atoms with van der Waals surface area (Å²) in [6.45, 7) is 8.31. The van der Waals surface area contributed by atoms with Crippen molar-refractivity contribution in [3.63, 3.8) is 0 Å². The Morgan fingerprint density at radius 2 is 1.56 bits per heavy atom. The third-order valence-electron chi connectivity index (χ3n) is 4.66. The van der Waals surface area contributed by atoms with Crippen LogP contribution >= 0.6 is 0 Å². The summed E-state index contributed by atoms with van der Waals surface area (Å²) in [6.07, 6.45) is -4.49. The molecule has 1 saturated heterocycles. The van der Waals surface area contributed by atoms with Crippen LogP contribution in [0.4, 0.5) is 0 Å². The first-order chi connectivity index (χ1) is 15.0. The van der Waals surface area contributed by atoms with E-state index in [-0.39, 0.29) is 6.61 Å². The van der Waals surface area contributed by atoms with Crippen LogP contribution in [0, 0.1) is 13.8 Å². The molecule has 176 valence electrons. The summed E-state index contributed by atoms with van der Waals surface area (Å²) < 4.78 is 27.9. The highest BCUT2D eigenvalue weighted by Gasteiger charge is 2.52. The van der Waals surface area contributed by atoms with Crippen molar-refractivity contribution < 1.29 is 42.9 Å². The Morgan fingerprint density at radius 3 is 2.12 bits per heavy atom. The molecule has 1 heterocycles. The van der Waals surface area contributed by atoms with Crippen molar-refractivity contribution in [3.8, 4) is 5.75 Å². The van der Waals surface area contributed by atoms with Gasteiger partial charge in [-0.2, -0.15) is 0 Å². The third-order valence-corrected chi connectivity index (χ3v) is 4.66. The number of amides is 1. The average molecular weight is 451 g/mol. The van der Waals surface area contributed by atoms with E-state index >= 15 is 0 Å². The average Bonchev–Trinajstić information content (AvgIpc) is 2.66. The zero-order chi connectivity index (χ0) is 24.0. The van der Waals surface area contributed by atoms with Gasteiger partial charge < -0.3 is 29.0 Å². The number of hydrogen-bond acceptors (Lipinski definition) is 9. The van der Waals surface area contributed by atoms with E-state index in [0.29, 0.717) is 5.75 Å². The molecule has 5 atom stereocenters. The van der Waals surface area contributed by atoms with Crippen LogP contribution < -0.4 is 10.1 Å². The van der Waals surface area contributed by atoms with E-state index in [1.165, 1.54) is 27.7 Å². The minimum atomic E-state index is -1.16. The van der Waals surface area contributed by atoms with Gasteiger partial charge in [-0.3, -0.25) is 19.2 Å². The maximum atomic E-state index is 11.9. The van der Waals surface area contributed by atoms with Gasteiger partial charge in [0.1, 0.15) is 24.5 Å². The Labute approximate surface area is 186 Å². The molecule has 32 heavy (non-hydrogen) atoms. The number of esters is 3. The first-order valence-corrected chi connectivity index (χ1v) is 10.1. The largest absolute Gasteiger partial charge is 0.463 e. The maximum absolute atomic E-state index is 11.9. The number of hydrogen-bond donors (Lipinski definition) is 1. The topological polar surface area (TPSA) is 126 Å². The molecule has 0 saturated carbocycles. The van der Waals surface area contributed by atoms with E-state index in [0.717, 1.165) is 11.1 Å². The van der Waals surface area contributed by atoms with Gasteiger partial charge >= 0.3 is 17.9 Å². The second kappa shape index (κ2) is 10.9. The molecule has 1 aromatic carbocycles. The number of aryl methyl sites for hydroxylation is 2. The molecule has 10 nitrogen and oxygen atoms in total. The number of nitrogens with one attached hydrogen (secondary N) is 1. The standard InChI is InChI=1S/C22H29NO9/c1-11-7-8-12(2)17(9-11)31-22-19(23-13(3)24)21(30-16(6)27)20(29-15(5)26)18(32-22)10-28-14(4)25/h7-9,18-22H,10H2,1-6H3,(H,23,24)/t18-,19+,20+,21-,22+/m0/s1. The van der Waals surface area contributed by atoms with Crippen molar-refractivity contribution in [2.75, 3.05) is 6.61 Å². The molecule has 0 spiro atoms. The molecule has 0 bridgehead atoms. The molecule has 0 radical (unpaired) electrons. The van der Waals surface area contributed by atoms with Crippen LogP contribution in [0.3, 0.4) is 0 Å². The summed E-state index contributed by atoms with van der Waals surface area (Å²) in [5, 5.41) is 2.67. The lowest BCUT2D eigenvalue weighted by Crippen LogP contribution is -2.67. The fraction of sp³-hybridized carbons (Fsp3) is 0.545. The SMILES string of the molecule is CC(=O)N[C@H]1[C@H](Oc2cc(C)ccc2C)O[C@@H](COC(C)=O)[C@@H](OC(C)=O)[C@H]1OC(C)=O. The van der Waals surface area contributed by atoms with Crippen LogP contribution in [0.5, 0.6) is 5.75 Å². The van der Waals surface area contributed by atoms with Crippen LogP contribution in [0.15, 0.2) is 18.2 Å². The number of rotatable bonds is 7. The fourth-order valence-electron chi connectivity index (χ4n) is 3.35. The third kappa shape index (κ3) is 6.94. The summed E-state index contributed by atoms with van der Waals surface area (Å²) in [4.78, 5) is 47.0. The summed E-state index contributed by atoms with van der Waals surface area (Å²) in [5.74, 6) is -1.86. The highest BCUT2D eigenvalue weighted by Crippen LogP contribution is 2.30. The first kappa shape index (κ1) is 25.1. The van der Waals surface area contributed by atoms with E-state index in [4.69, 9.17) is 23.7 Å². The van der Waals surface area contributed by atoms with Gasteiger partial charge in [0.15, 0.2) is 12.2 Å². The van der Waals surface area contributed by atoms with Gasteiger partial charge in [0.25, 0.3) is 0 Å². The van der Waals surface area contributed by atoms with Gasteiger partial charge in [0, 0.05) is 27.7 Å². The maximum Gasteiger partial charge on any atom is 0.303 e. The van der Waals surface area contributed by atoms with Crippen molar-refractivity contribution in [1.82, 2.24) is 5.32 Å². The van der Waals surface area contributed by atoms with Gasteiger partial charge in [0.05, 0.1) is 0 Å². The van der Waals surface area contributed by atoms with Crippen molar-refractivity contribution in [2.24, 2.45) is 0 Å². The zero-order valence-electron chi connectivity index (χ0n) is 19.0. The number of ether oxygens (including phenoxy) is 5. The Hall–Kier alpha value is -3.14. The summed E-state index contributed by atoms with van der Waals surface area (Å²) in [6, 6.07) is 4.55. The summed E-state index contributed by atoms with van der Waals surface area (Å²) >= 11 is 0. The van der Waals surface area contributed by atoms with Crippen molar-refractivity contribution in [3.05, 3.63) is 29.3 Å². The molecule has 0 aliphatic carbocycles. The first-order valence-electron chi connectivity index (χ1n) is 10.1. The van der Waals surface area contributed by atoms with Gasteiger partial charge in [-0.15, -0.1) is 0 Å². The summed E-state index contributed by atoms with van der Waals surface area (Å²) in [7, 11) is 0. The molecule has 1 aromatic rings. The number of benzene rings is 1. The van der Waals surface area contributed by atoms with E-state index in [1.807, 2.05) is 26.0 Å². The van der Waals surface area contributed by atoms with Crippen LogP contribution in [0.1, 0.15) is 38.8 Å². The quantitative estimate of drug-likeness (QED) is 0.483. The smallest absolute Gasteiger partial charge is 0.303 e. The van der Waals surface area contributed by atoms with E-state index in [1.54, 1.807) is 6.07 Å². The van der Waals surface area contributed by atoms with Gasteiger partial charge in [-0.1, -0.05) is 12.1 Å². The minimum Gasteiger partial charge on any atom is -0.463 e. The van der Waals surface area contributed by atoms with Gasteiger partial charge in [-0.25, -0.2) is 0 Å². The summed E-state index contributed by atoms with van der Waals surface area (Å²) in [5.41, 5.74) is 1.74. The predicted octanol–water partition coefficient (Wildman–Crippen LogP) is 1.34. The zero-order valence-corrected chi connectivity index (χ0v) is 19.0. The molecule has 1 aliphatic rings. The van der Waals surface area contributed by atoms with Gasteiger partial charge in [0.2, 0.25) is 12.2 Å². The molecule has 1 amide bonds. The Balaban J connectivity index is 2.49. The van der Waals surface area contributed by atoms with Gasteiger partial charge in [-0.05, 0) is 31.0 Å². The second-order valence-electron chi connectivity index (χ2n) is 7.61. The van der Waals surface area contributed by atoms with Crippen LogP contribution in [-0.2, 0) is 38.1 Å².